The molecule has 1 nitrogen and oxygen atoms in total. The summed E-state index contributed by atoms with van der Waals surface area (Å²) < 4.78 is 40.7. The third kappa shape index (κ3) is 2.30. The molecular formula is C10H7BrClF3O. The zero-order valence-electron chi connectivity index (χ0n) is 8.00. The van der Waals surface area contributed by atoms with Gasteiger partial charge in [0.05, 0.1) is 9.50 Å². The van der Waals surface area contributed by atoms with E-state index in [0.717, 1.165) is 30.4 Å². The Morgan fingerprint density at radius 1 is 1.31 bits per heavy atom. The monoisotopic (exact) mass is 314 g/mol. The third-order valence-electron chi connectivity index (χ3n) is 2.46. The van der Waals surface area contributed by atoms with Gasteiger partial charge in [-0.1, -0.05) is 11.6 Å². The Hall–Kier alpha value is -0.420. The molecule has 0 amide bonds. The molecule has 88 valence electrons. The van der Waals surface area contributed by atoms with Crippen LogP contribution < -0.4 is 4.74 Å². The van der Waals surface area contributed by atoms with Gasteiger partial charge in [-0.05, 0) is 52.4 Å². The summed E-state index contributed by atoms with van der Waals surface area (Å²) >= 11 is 8.89. The molecule has 0 atom stereocenters. The second-order valence-electron chi connectivity index (χ2n) is 3.54. The zero-order valence-corrected chi connectivity index (χ0v) is 10.3. The van der Waals surface area contributed by atoms with Gasteiger partial charge in [0.1, 0.15) is 0 Å². The van der Waals surface area contributed by atoms with E-state index in [-0.39, 0.29) is 10.8 Å². The number of aryl methyl sites for hydroxylation is 1. The van der Waals surface area contributed by atoms with Gasteiger partial charge in [-0.3, -0.25) is 0 Å². The largest absolute Gasteiger partial charge is 0.573 e. The van der Waals surface area contributed by atoms with Gasteiger partial charge < -0.3 is 4.74 Å². The Morgan fingerprint density at radius 2 is 2.00 bits per heavy atom. The van der Waals surface area contributed by atoms with Crippen LogP contribution in [-0.4, -0.2) is 6.36 Å². The number of hydrogen-bond acceptors (Lipinski definition) is 1. The van der Waals surface area contributed by atoms with Gasteiger partial charge in [0.15, 0.2) is 5.75 Å². The van der Waals surface area contributed by atoms with Crippen LogP contribution in [0.2, 0.25) is 5.02 Å². The summed E-state index contributed by atoms with van der Waals surface area (Å²) in [4.78, 5) is 0. The maximum atomic E-state index is 12.2. The smallest absolute Gasteiger partial charge is 0.403 e. The van der Waals surface area contributed by atoms with Crippen molar-refractivity contribution in [3.05, 3.63) is 26.7 Å². The maximum Gasteiger partial charge on any atom is 0.573 e. The quantitative estimate of drug-likeness (QED) is 0.742. The Morgan fingerprint density at radius 3 is 2.62 bits per heavy atom. The number of ether oxygens (including phenoxy) is 1. The SMILES string of the molecule is FC(F)(F)Oc1c(Cl)cc2c(c1Br)CCC2. The lowest BCUT2D eigenvalue weighted by Gasteiger charge is -2.14. The minimum absolute atomic E-state index is 0.00940. The predicted octanol–water partition coefficient (Wildman–Crippen LogP) is 4.49. The summed E-state index contributed by atoms with van der Waals surface area (Å²) in [5.41, 5.74) is 1.86. The topological polar surface area (TPSA) is 9.23 Å². The molecule has 0 aliphatic heterocycles. The van der Waals surface area contributed by atoms with Gasteiger partial charge in [0, 0.05) is 0 Å². The van der Waals surface area contributed by atoms with Crippen molar-refractivity contribution < 1.29 is 17.9 Å². The number of fused-ring (bicyclic) bond motifs is 1. The van der Waals surface area contributed by atoms with Crippen molar-refractivity contribution in [1.29, 1.82) is 0 Å². The fourth-order valence-corrected chi connectivity index (χ4v) is 2.97. The van der Waals surface area contributed by atoms with Gasteiger partial charge >= 0.3 is 6.36 Å². The van der Waals surface area contributed by atoms with E-state index < -0.39 is 6.36 Å². The minimum atomic E-state index is -4.72. The van der Waals surface area contributed by atoms with Gasteiger partial charge in [-0.25, -0.2) is 0 Å². The molecule has 0 heterocycles. The highest BCUT2D eigenvalue weighted by Crippen LogP contribution is 2.43. The molecule has 0 fully saturated rings. The molecule has 0 radical (unpaired) electrons. The normalized spacial score (nSPS) is 15.1. The molecule has 1 aromatic carbocycles. The van der Waals surface area contributed by atoms with Crippen LogP contribution in [0.5, 0.6) is 5.75 Å². The first kappa shape index (κ1) is 12.0. The highest BCUT2D eigenvalue weighted by atomic mass is 79.9. The third-order valence-corrected chi connectivity index (χ3v) is 3.58. The average molecular weight is 316 g/mol. The van der Waals surface area contributed by atoms with Crippen molar-refractivity contribution in [2.75, 3.05) is 0 Å². The molecule has 2 rings (SSSR count). The van der Waals surface area contributed by atoms with Crippen molar-refractivity contribution in [3.8, 4) is 5.75 Å². The standard InChI is InChI=1S/C10H7BrClF3O/c11-8-6-3-1-2-5(6)4-7(12)9(8)16-10(13,14)15/h4H,1-3H2. The highest BCUT2D eigenvalue weighted by molar-refractivity contribution is 9.10. The number of rotatable bonds is 1. The van der Waals surface area contributed by atoms with Crippen LogP contribution in [0.3, 0.4) is 0 Å². The second-order valence-corrected chi connectivity index (χ2v) is 4.74. The van der Waals surface area contributed by atoms with Crippen molar-refractivity contribution in [2.24, 2.45) is 0 Å². The molecule has 0 bridgehead atoms. The fraction of sp³-hybridized carbons (Fsp3) is 0.400. The van der Waals surface area contributed by atoms with E-state index in [1.807, 2.05) is 0 Å². The molecule has 0 saturated heterocycles. The summed E-state index contributed by atoms with van der Waals surface area (Å²) in [6.45, 7) is 0. The summed E-state index contributed by atoms with van der Waals surface area (Å²) in [6.07, 6.45) is -2.19. The number of halogens is 5. The van der Waals surface area contributed by atoms with E-state index in [9.17, 15) is 13.2 Å². The van der Waals surface area contributed by atoms with E-state index in [4.69, 9.17) is 11.6 Å². The Bertz CT molecular complexity index is 431. The van der Waals surface area contributed by atoms with Crippen LogP contribution in [0, 0.1) is 0 Å². The Balaban J connectivity index is 2.46. The molecule has 6 heteroatoms. The van der Waals surface area contributed by atoms with Crippen LogP contribution in [0.1, 0.15) is 17.5 Å². The zero-order chi connectivity index (χ0) is 11.9. The van der Waals surface area contributed by atoms with Crippen molar-refractivity contribution in [2.45, 2.75) is 25.6 Å². The van der Waals surface area contributed by atoms with Gasteiger partial charge in [-0.2, -0.15) is 0 Å². The summed E-state index contributed by atoms with van der Waals surface area (Å²) in [5.74, 6) is -0.338. The van der Waals surface area contributed by atoms with Crippen LogP contribution in [-0.2, 0) is 12.8 Å². The molecule has 0 spiro atoms. The van der Waals surface area contributed by atoms with Crippen molar-refractivity contribution >= 4 is 27.5 Å². The molecular weight excluding hydrogens is 308 g/mol. The Kier molecular flexibility index (Phi) is 3.09. The summed E-state index contributed by atoms with van der Waals surface area (Å²) in [7, 11) is 0. The van der Waals surface area contributed by atoms with E-state index in [1.54, 1.807) is 6.07 Å². The number of hydrogen-bond donors (Lipinski definition) is 0. The molecule has 0 N–H and O–H groups in total. The molecule has 1 aromatic rings. The molecule has 16 heavy (non-hydrogen) atoms. The molecule has 0 saturated carbocycles. The lowest BCUT2D eigenvalue weighted by atomic mass is 10.1. The first-order valence-corrected chi connectivity index (χ1v) is 5.81. The average Bonchev–Trinajstić information content (AvgIpc) is 2.58. The van der Waals surface area contributed by atoms with Crippen LogP contribution >= 0.6 is 27.5 Å². The van der Waals surface area contributed by atoms with E-state index in [1.165, 1.54) is 0 Å². The lowest BCUT2D eigenvalue weighted by molar-refractivity contribution is -0.274. The van der Waals surface area contributed by atoms with Gasteiger partial charge in [-0.15, -0.1) is 13.2 Å². The molecule has 0 aromatic heterocycles. The first-order chi connectivity index (χ1) is 7.38. The highest BCUT2D eigenvalue weighted by Gasteiger charge is 2.34. The molecule has 1 aliphatic carbocycles. The van der Waals surface area contributed by atoms with Gasteiger partial charge in [0.2, 0.25) is 0 Å². The summed E-state index contributed by atoms with van der Waals surface area (Å²) in [5, 5.41) is -0.00940. The van der Waals surface area contributed by atoms with Crippen LogP contribution in [0.25, 0.3) is 0 Å². The Labute approximate surface area is 104 Å². The fourth-order valence-electron chi connectivity index (χ4n) is 1.85. The number of benzene rings is 1. The number of alkyl halides is 3. The second kappa shape index (κ2) is 4.11. The predicted molar refractivity (Wildman–Crippen MR) is 57.9 cm³/mol. The van der Waals surface area contributed by atoms with E-state index in [0.29, 0.717) is 4.47 Å². The van der Waals surface area contributed by atoms with Gasteiger partial charge in [0.25, 0.3) is 0 Å². The van der Waals surface area contributed by atoms with E-state index in [2.05, 4.69) is 20.7 Å². The maximum absolute atomic E-state index is 12.2. The van der Waals surface area contributed by atoms with Crippen molar-refractivity contribution in [3.63, 3.8) is 0 Å². The van der Waals surface area contributed by atoms with Crippen LogP contribution in [0.15, 0.2) is 10.5 Å². The van der Waals surface area contributed by atoms with E-state index >= 15 is 0 Å². The first-order valence-electron chi connectivity index (χ1n) is 4.64. The van der Waals surface area contributed by atoms with Crippen LogP contribution in [0.4, 0.5) is 13.2 Å². The van der Waals surface area contributed by atoms with Crippen molar-refractivity contribution in [1.82, 2.24) is 0 Å². The lowest BCUT2D eigenvalue weighted by Crippen LogP contribution is -2.18. The molecule has 1 aliphatic rings. The molecule has 0 unspecified atom stereocenters. The summed E-state index contributed by atoms with van der Waals surface area (Å²) in [6, 6.07) is 1.55. The minimum Gasteiger partial charge on any atom is -0.403 e.